The fraction of sp³-hybridized carbons (Fsp3) is 0. The van der Waals surface area contributed by atoms with E-state index < -0.39 is 22.3 Å². The number of halogens is 2. The molecule has 23 heavy (non-hydrogen) atoms. The molecule has 0 atom stereocenters. The Bertz CT molecular complexity index is 809. The highest BCUT2D eigenvalue weighted by Crippen LogP contribution is 2.28. The van der Waals surface area contributed by atoms with Crippen LogP contribution in [0.4, 0.5) is 5.69 Å². The first kappa shape index (κ1) is 16.7. The van der Waals surface area contributed by atoms with Crippen LogP contribution in [0.3, 0.4) is 0 Å². The lowest BCUT2D eigenvalue weighted by molar-refractivity contribution is -0.385. The number of nitro benzene ring substituents is 1. The predicted molar refractivity (Wildman–Crippen MR) is 86.3 cm³/mol. The van der Waals surface area contributed by atoms with Crippen molar-refractivity contribution in [2.75, 3.05) is 0 Å². The number of rotatable bonds is 4. The molecule has 7 nitrogen and oxygen atoms in total. The Balaban J connectivity index is 2.14. The number of phenols is 1. The van der Waals surface area contributed by atoms with Gasteiger partial charge in [-0.15, -0.1) is 0 Å². The van der Waals surface area contributed by atoms with Crippen LogP contribution in [0.1, 0.15) is 15.9 Å². The molecule has 0 saturated carbocycles. The normalized spacial score (nSPS) is 10.7. The van der Waals surface area contributed by atoms with Crippen LogP contribution in [-0.4, -0.2) is 22.2 Å². The summed E-state index contributed by atoms with van der Waals surface area (Å²) in [6.45, 7) is 0. The Hall–Kier alpha value is -2.64. The van der Waals surface area contributed by atoms with Crippen molar-refractivity contribution in [1.82, 2.24) is 5.43 Å². The van der Waals surface area contributed by atoms with Gasteiger partial charge in [-0.3, -0.25) is 14.9 Å². The van der Waals surface area contributed by atoms with E-state index in [4.69, 9.17) is 23.2 Å². The van der Waals surface area contributed by atoms with Crippen LogP contribution in [0.15, 0.2) is 41.5 Å². The first-order valence-electron chi connectivity index (χ1n) is 6.15. The van der Waals surface area contributed by atoms with Crippen molar-refractivity contribution in [3.05, 3.63) is 67.7 Å². The number of para-hydroxylation sites is 1. The third-order valence-electron chi connectivity index (χ3n) is 2.79. The molecule has 0 aliphatic carbocycles. The third-order valence-corrected chi connectivity index (χ3v) is 3.34. The van der Waals surface area contributed by atoms with E-state index >= 15 is 0 Å². The first-order valence-corrected chi connectivity index (χ1v) is 6.90. The maximum Gasteiger partial charge on any atom is 0.311 e. The fourth-order valence-electron chi connectivity index (χ4n) is 1.69. The van der Waals surface area contributed by atoms with Gasteiger partial charge in [0, 0.05) is 16.7 Å². The number of carbonyl (C=O) groups excluding carboxylic acids is 1. The summed E-state index contributed by atoms with van der Waals surface area (Å²) >= 11 is 11.6. The van der Waals surface area contributed by atoms with E-state index in [0.29, 0.717) is 5.02 Å². The maximum absolute atomic E-state index is 11.9. The molecular formula is C14H9Cl2N3O4. The monoisotopic (exact) mass is 353 g/mol. The minimum atomic E-state index is -0.723. The molecule has 0 spiro atoms. The summed E-state index contributed by atoms with van der Waals surface area (Å²) in [5.41, 5.74) is 2.00. The summed E-state index contributed by atoms with van der Waals surface area (Å²) in [5.74, 6) is -1.13. The zero-order valence-corrected chi connectivity index (χ0v) is 12.9. The largest absolute Gasteiger partial charge is 0.502 e. The highest BCUT2D eigenvalue weighted by Gasteiger charge is 2.15. The minimum Gasteiger partial charge on any atom is -0.502 e. The number of hydrogen-bond donors (Lipinski definition) is 2. The van der Waals surface area contributed by atoms with E-state index in [0.717, 1.165) is 12.3 Å². The second-order valence-electron chi connectivity index (χ2n) is 4.30. The van der Waals surface area contributed by atoms with Crippen LogP contribution in [0.25, 0.3) is 0 Å². The summed E-state index contributed by atoms with van der Waals surface area (Å²) in [7, 11) is 0. The van der Waals surface area contributed by atoms with E-state index in [-0.39, 0.29) is 16.1 Å². The van der Waals surface area contributed by atoms with Gasteiger partial charge in [0.1, 0.15) is 0 Å². The number of nitro groups is 1. The lowest BCUT2D eigenvalue weighted by Crippen LogP contribution is -2.18. The molecule has 0 unspecified atom stereocenters. The van der Waals surface area contributed by atoms with Crippen molar-refractivity contribution in [2.24, 2.45) is 5.10 Å². The molecule has 2 rings (SSSR count). The van der Waals surface area contributed by atoms with Crippen molar-refractivity contribution < 1.29 is 14.8 Å². The Morgan fingerprint density at radius 2 is 2.04 bits per heavy atom. The molecule has 0 aromatic heterocycles. The van der Waals surface area contributed by atoms with Crippen LogP contribution < -0.4 is 5.43 Å². The second kappa shape index (κ2) is 7.08. The molecule has 0 saturated heterocycles. The van der Waals surface area contributed by atoms with Crippen molar-refractivity contribution in [3.8, 4) is 5.75 Å². The number of nitrogens with one attached hydrogen (secondary N) is 1. The third kappa shape index (κ3) is 3.97. The molecule has 2 aromatic rings. The molecule has 0 heterocycles. The van der Waals surface area contributed by atoms with Gasteiger partial charge in [-0.05, 0) is 24.3 Å². The highest BCUT2D eigenvalue weighted by atomic mass is 35.5. The summed E-state index contributed by atoms with van der Waals surface area (Å²) in [5, 5.41) is 24.6. The first-order chi connectivity index (χ1) is 10.9. The quantitative estimate of drug-likeness (QED) is 0.499. The van der Waals surface area contributed by atoms with Gasteiger partial charge in [0.25, 0.3) is 5.91 Å². The lowest BCUT2D eigenvalue weighted by atomic mass is 10.2. The SMILES string of the molecule is O=C(N/N=C\c1cccc([N+](=O)[O-])c1O)c1ccc(Cl)cc1Cl. The number of nitrogens with zero attached hydrogens (tertiary/aromatic N) is 2. The van der Waals surface area contributed by atoms with Crippen molar-refractivity contribution in [2.45, 2.75) is 0 Å². The van der Waals surface area contributed by atoms with Gasteiger partial charge in [-0.1, -0.05) is 29.3 Å². The summed E-state index contributed by atoms with van der Waals surface area (Å²) in [6, 6.07) is 8.29. The molecule has 0 aliphatic rings. The van der Waals surface area contributed by atoms with E-state index in [9.17, 15) is 20.0 Å². The Morgan fingerprint density at radius 1 is 1.30 bits per heavy atom. The Labute approximate surface area is 140 Å². The zero-order chi connectivity index (χ0) is 17.0. The number of hydrazone groups is 1. The van der Waals surface area contributed by atoms with Gasteiger partial charge in [-0.2, -0.15) is 5.10 Å². The van der Waals surface area contributed by atoms with E-state index in [2.05, 4.69) is 10.5 Å². The van der Waals surface area contributed by atoms with Gasteiger partial charge in [0.05, 0.1) is 21.7 Å². The van der Waals surface area contributed by atoms with Crippen LogP contribution in [0.2, 0.25) is 10.0 Å². The number of amides is 1. The van der Waals surface area contributed by atoms with Gasteiger partial charge in [0.2, 0.25) is 5.75 Å². The highest BCUT2D eigenvalue weighted by molar-refractivity contribution is 6.36. The average molecular weight is 354 g/mol. The summed E-state index contributed by atoms with van der Waals surface area (Å²) in [6.07, 6.45) is 1.09. The van der Waals surface area contributed by atoms with Crippen molar-refractivity contribution in [1.29, 1.82) is 0 Å². The minimum absolute atomic E-state index is 0.0849. The smallest absolute Gasteiger partial charge is 0.311 e. The van der Waals surface area contributed by atoms with Gasteiger partial charge >= 0.3 is 5.69 Å². The van der Waals surface area contributed by atoms with Crippen LogP contribution in [0.5, 0.6) is 5.75 Å². The van der Waals surface area contributed by atoms with E-state index in [1.807, 2.05) is 0 Å². The zero-order valence-electron chi connectivity index (χ0n) is 11.4. The maximum atomic E-state index is 11.9. The standard InChI is InChI=1S/C14H9Cl2N3O4/c15-9-4-5-10(11(16)6-9)14(21)18-17-7-8-2-1-3-12(13(8)20)19(22)23/h1-7,20H,(H,18,21)/b17-7-. The van der Waals surface area contributed by atoms with Crippen molar-refractivity contribution in [3.63, 3.8) is 0 Å². The number of aromatic hydroxyl groups is 1. The van der Waals surface area contributed by atoms with Crippen molar-refractivity contribution >= 4 is 41.0 Å². The fourth-order valence-corrected chi connectivity index (χ4v) is 2.19. The lowest BCUT2D eigenvalue weighted by Gasteiger charge is -2.03. The topological polar surface area (TPSA) is 105 Å². The Morgan fingerprint density at radius 3 is 2.70 bits per heavy atom. The molecule has 0 radical (unpaired) electrons. The van der Waals surface area contributed by atoms with Gasteiger partial charge in [-0.25, -0.2) is 5.43 Å². The molecule has 0 fully saturated rings. The van der Waals surface area contributed by atoms with Crippen LogP contribution in [-0.2, 0) is 0 Å². The van der Waals surface area contributed by atoms with E-state index in [1.165, 1.54) is 30.3 Å². The molecule has 2 aromatic carbocycles. The number of carbonyl (C=O) groups is 1. The van der Waals surface area contributed by atoms with E-state index in [1.54, 1.807) is 0 Å². The molecule has 118 valence electrons. The van der Waals surface area contributed by atoms with Crippen LogP contribution >= 0.6 is 23.2 Å². The molecule has 0 bridgehead atoms. The summed E-state index contributed by atoms with van der Waals surface area (Å²) < 4.78 is 0. The molecule has 9 heteroatoms. The average Bonchev–Trinajstić information content (AvgIpc) is 2.48. The number of benzene rings is 2. The predicted octanol–water partition coefficient (Wildman–Crippen LogP) is 3.37. The second-order valence-corrected chi connectivity index (χ2v) is 5.14. The number of hydrogen-bond acceptors (Lipinski definition) is 5. The van der Waals surface area contributed by atoms with Crippen LogP contribution in [0, 0.1) is 10.1 Å². The molecular weight excluding hydrogens is 345 g/mol. The van der Waals surface area contributed by atoms with Gasteiger partial charge < -0.3 is 5.11 Å². The van der Waals surface area contributed by atoms with Gasteiger partial charge in [0.15, 0.2) is 0 Å². The number of phenolic OH excluding ortho intramolecular Hbond substituents is 1. The molecule has 2 N–H and O–H groups in total. The molecule has 1 amide bonds. The Kier molecular flexibility index (Phi) is 5.15. The molecule has 0 aliphatic heterocycles. The summed E-state index contributed by atoms with van der Waals surface area (Å²) in [4.78, 5) is 21.9.